The molecule has 0 saturated carbocycles. The zero-order chi connectivity index (χ0) is 12.5. The van der Waals surface area contributed by atoms with E-state index in [1.807, 2.05) is 13.1 Å². The Morgan fingerprint density at radius 2 is 2.29 bits per heavy atom. The first kappa shape index (κ1) is 12.5. The van der Waals surface area contributed by atoms with Crippen LogP contribution in [0.15, 0.2) is 6.20 Å². The minimum atomic E-state index is 0.0647. The zero-order valence-electron chi connectivity index (χ0n) is 10.9. The number of hydrogen-bond donors (Lipinski definition) is 1. The molecule has 1 atom stereocenters. The normalized spacial score (nSPS) is 22.2. The molecule has 0 bridgehead atoms. The van der Waals surface area contributed by atoms with Gasteiger partial charge in [0.15, 0.2) is 5.82 Å². The molecule has 0 fully saturated rings. The van der Waals surface area contributed by atoms with Crippen LogP contribution in [0.25, 0.3) is 0 Å². The molecule has 17 heavy (non-hydrogen) atoms. The lowest BCUT2D eigenvalue weighted by Crippen LogP contribution is -2.31. The van der Waals surface area contributed by atoms with Crippen molar-refractivity contribution in [3.8, 4) is 0 Å². The summed E-state index contributed by atoms with van der Waals surface area (Å²) in [5, 5.41) is 0. The van der Waals surface area contributed by atoms with Crippen LogP contribution in [0.5, 0.6) is 0 Å². The lowest BCUT2D eigenvalue weighted by Gasteiger charge is -2.34. The fourth-order valence-electron chi connectivity index (χ4n) is 2.41. The third kappa shape index (κ3) is 2.82. The number of nitrogens with two attached hydrogens (primary N) is 1. The molecule has 2 N–H and O–H groups in total. The second-order valence-electron chi connectivity index (χ2n) is 5.48. The van der Waals surface area contributed by atoms with Gasteiger partial charge in [-0.25, -0.2) is 9.97 Å². The molecule has 94 valence electrons. The molecule has 1 aliphatic carbocycles. The molecule has 2 rings (SSSR count). The average Bonchev–Trinajstić information content (AvgIpc) is 2.24. The maximum Gasteiger partial charge on any atom is 0.154 e. The second kappa shape index (κ2) is 4.70. The van der Waals surface area contributed by atoms with Crippen LogP contribution in [0.4, 0.5) is 0 Å². The van der Waals surface area contributed by atoms with Crippen LogP contribution in [0.1, 0.15) is 50.3 Å². The summed E-state index contributed by atoms with van der Waals surface area (Å²) in [6.07, 6.45) is 3.84. The Labute approximate surface area is 103 Å². The second-order valence-corrected chi connectivity index (χ2v) is 5.48. The molecule has 4 heteroatoms. The van der Waals surface area contributed by atoms with E-state index in [1.54, 1.807) is 0 Å². The highest BCUT2D eigenvalue weighted by Crippen LogP contribution is 2.38. The van der Waals surface area contributed by atoms with E-state index in [9.17, 15) is 0 Å². The summed E-state index contributed by atoms with van der Waals surface area (Å²) in [4.78, 5) is 8.89. The van der Waals surface area contributed by atoms with Crippen molar-refractivity contribution >= 4 is 0 Å². The molecule has 0 aromatic carbocycles. The van der Waals surface area contributed by atoms with Crippen LogP contribution < -0.4 is 5.73 Å². The summed E-state index contributed by atoms with van der Waals surface area (Å²) < 4.78 is 5.33. The standard InChI is InChI=1S/C13H21N3O/c1-4-17-8-12-15-7-9-10(14)5-13(2,3)6-11(9)16-12/h7,10H,4-6,8,14H2,1-3H3. The minimum absolute atomic E-state index is 0.0647. The summed E-state index contributed by atoms with van der Waals surface area (Å²) in [5.41, 5.74) is 8.58. The monoisotopic (exact) mass is 235 g/mol. The van der Waals surface area contributed by atoms with Gasteiger partial charge in [-0.05, 0) is 25.2 Å². The third-order valence-electron chi connectivity index (χ3n) is 3.20. The van der Waals surface area contributed by atoms with E-state index in [0.29, 0.717) is 13.2 Å². The van der Waals surface area contributed by atoms with E-state index in [0.717, 1.165) is 29.9 Å². The van der Waals surface area contributed by atoms with Crippen LogP contribution in [-0.4, -0.2) is 16.6 Å². The van der Waals surface area contributed by atoms with E-state index >= 15 is 0 Å². The Morgan fingerprint density at radius 3 is 3.00 bits per heavy atom. The van der Waals surface area contributed by atoms with Crippen molar-refractivity contribution < 1.29 is 4.74 Å². The van der Waals surface area contributed by atoms with Crippen molar-refractivity contribution in [3.05, 3.63) is 23.3 Å². The van der Waals surface area contributed by atoms with E-state index in [1.165, 1.54) is 0 Å². The molecule has 0 saturated heterocycles. The van der Waals surface area contributed by atoms with E-state index in [2.05, 4.69) is 23.8 Å². The van der Waals surface area contributed by atoms with Crippen LogP contribution in [-0.2, 0) is 17.8 Å². The Morgan fingerprint density at radius 1 is 1.53 bits per heavy atom. The third-order valence-corrected chi connectivity index (χ3v) is 3.20. The zero-order valence-corrected chi connectivity index (χ0v) is 10.9. The van der Waals surface area contributed by atoms with E-state index in [-0.39, 0.29) is 11.5 Å². The van der Waals surface area contributed by atoms with Crippen molar-refractivity contribution in [3.63, 3.8) is 0 Å². The fraction of sp³-hybridized carbons (Fsp3) is 0.692. The molecular weight excluding hydrogens is 214 g/mol. The Hall–Kier alpha value is -1.00. The van der Waals surface area contributed by atoms with Gasteiger partial charge in [-0.1, -0.05) is 13.8 Å². The van der Waals surface area contributed by atoms with Crippen molar-refractivity contribution in [1.29, 1.82) is 0 Å². The molecule has 0 spiro atoms. The molecule has 4 nitrogen and oxygen atoms in total. The van der Waals surface area contributed by atoms with Gasteiger partial charge in [0.05, 0.1) is 0 Å². The average molecular weight is 235 g/mol. The predicted molar refractivity (Wildman–Crippen MR) is 66.4 cm³/mol. The van der Waals surface area contributed by atoms with Crippen molar-refractivity contribution in [2.75, 3.05) is 6.61 Å². The quantitative estimate of drug-likeness (QED) is 0.870. The van der Waals surface area contributed by atoms with Gasteiger partial charge >= 0.3 is 0 Å². The molecule has 1 unspecified atom stereocenters. The smallest absolute Gasteiger partial charge is 0.154 e. The maximum atomic E-state index is 6.16. The molecule has 1 aliphatic rings. The van der Waals surface area contributed by atoms with Crippen LogP contribution in [0, 0.1) is 5.41 Å². The molecule has 0 radical (unpaired) electrons. The minimum Gasteiger partial charge on any atom is -0.374 e. The summed E-state index contributed by atoms with van der Waals surface area (Å²) in [6, 6.07) is 0.0647. The highest BCUT2D eigenvalue weighted by atomic mass is 16.5. The van der Waals surface area contributed by atoms with E-state index < -0.39 is 0 Å². The lowest BCUT2D eigenvalue weighted by molar-refractivity contribution is 0.127. The first-order valence-electron chi connectivity index (χ1n) is 6.20. The SMILES string of the molecule is CCOCc1ncc2c(n1)CC(C)(C)CC2N. The van der Waals surface area contributed by atoms with Gasteiger partial charge in [-0.2, -0.15) is 0 Å². The first-order valence-corrected chi connectivity index (χ1v) is 6.20. The van der Waals surface area contributed by atoms with Gasteiger partial charge in [0.1, 0.15) is 6.61 Å². The van der Waals surface area contributed by atoms with Gasteiger partial charge in [-0.15, -0.1) is 0 Å². The van der Waals surface area contributed by atoms with Gasteiger partial charge in [-0.3, -0.25) is 0 Å². The highest BCUT2D eigenvalue weighted by Gasteiger charge is 2.31. The molecule has 1 heterocycles. The van der Waals surface area contributed by atoms with Crippen LogP contribution in [0.3, 0.4) is 0 Å². The largest absolute Gasteiger partial charge is 0.374 e. The lowest BCUT2D eigenvalue weighted by atomic mass is 9.74. The number of ether oxygens (including phenoxy) is 1. The van der Waals surface area contributed by atoms with Gasteiger partial charge in [0.2, 0.25) is 0 Å². The molecule has 0 aliphatic heterocycles. The van der Waals surface area contributed by atoms with Crippen molar-refractivity contribution in [1.82, 2.24) is 9.97 Å². The van der Waals surface area contributed by atoms with Gasteiger partial charge in [0, 0.05) is 30.1 Å². The van der Waals surface area contributed by atoms with Crippen molar-refractivity contribution in [2.24, 2.45) is 11.1 Å². The Balaban J connectivity index is 2.25. The van der Waals surface area contributed by atoms with Crippen molar-refractivity contribution in [2.45, 2.75) is 46.3 Å². The fourth-order valence-corrected chi connectivity index (χ4v) is 2.41. The predicted octanol–water partition coefficient (Wildman–Crippen LogP) is 1.99. The molecule has 1 aromatic rings. The topological polar surface area (TPSA) is 61.0 Å². The molecule has 0 amide bonds. The summed E-state index contributed by atoms with van der Waals surface area (Å²) in [5.74, 6) is 0.760. The first-order chi connectivity index (χ1) is 8.02. The highest BCUT2D eigenvalue weighted by molar-refractivity contribution is 5.26. The van der Waals surface area contributed by atoms with Crippen LogP contribution >= 0.6 is 0 Å². The number of aromatic nitrogens is 2. The van der Waals surface area contributed by atoms with Gasteiger partial charge in [0.25, 0.3) is 0 Å². The van der Waals surface area contributed by atoms with E-state index in [4.69, 9.17) is 10.5 Å². The van der Waals surface area contributed by atoms with Crippen LogP contribution in [0.2, 0.25) is 0 Å². The number of rotatable bonds is 3. The number of fused-ring (bicyclic) bond motifs is 1. The number of hydrogen-bond acceptors (Lipinski definition) is 4. The summed E-state index contributed by atoms with van der Waals surface area (Å²) in [7, 11) is 0. The maximum absolute atomic E-state index is 6.16. The Kier molecular flexibility index (Phi) is 3.45. The molecule has 1 aromatic heterocycles. The Bertz CT molecular complexity index is 404. The molecular formula is C13H21N3O. The van der Waals surface area contributed by atoms with Gasteiger partial charge < -0.3 is 10.5 Å². The summed E-state index contributed by atoms with van der Waals surface area (Å²) >= 11 is 0. The number of nitrogens with zero attached hydrogens (tertiary/aromatic N) is 2. The summed E-state index contributed by atoms with van der Waals surface area (Å²) in [6.45, 7) is 7.61.